The van der Waals surface area contributed by atoms with Gasteiger partial charge in [-0.05, 0) is 80.6 Å². The van der Waals surface area contributed by atoms with E-state index in [1.54, 1.807) is 0 Å². The van der Waals surface area contributed by atoms with Gasteiger partial charge in [0.1, 0.15) is 0 Å². The van der Waals surface area contributed by atoms with Crippen LogP contribution in [-0.4, -0.2) is 10.7 Å². The van der Waals surface area contributed by atoms with Crippen molar-refractivity contribution in [3.8, 4) is 0 Å². The van der Waals surface area contributed by atoms with Gasteiger partial charge >= 0.3 is 0 Å². The molecule has 3 fully saturated rings. The fourth-order valence-corrected chi connectivity index (χ4v) is 5.71. The number of hydrogen-bond donors (Lipinski definition) is 1. The summed E-state index contributed by atoms with van der Waals surface area (Å²) in [4.78, 5) is 0. The van der Waals surface area contributed by atoms with Crippen molar-refractivity contribution in [2.45, 2.75) is 63.4 Å². The number of hydrogen-bond acceptors (Lipinski definition) is 1. The first-order valence-electron chi connectivity index (χ1n) is 7.71. The van der Waals surface area contributed by atoms with Crippen molar-refractivity contribution in [1.82, 2.24) is 0 Å². The van der Waals surface area contributed by atoms with Gasteiger partial charge in [0.05, 0.1) is 5.60 Å². The molecule has 0 heterocycles. The fourth-order valence-electron chi connectivity index (χ4n) is 5.71. The maximum atomic E-state index is 11.2. The number of fused-ring (bicyclic) bond motifs is 5. The molecule has 0 aliphatic heterocycles. The van der Waals surface area contributed by atoms with Crippen LogP contribution in [0.4, 0.5) is 0 Å². The summed E-state index contributed by atoms with van der Waals surface area (Å²) in [5, 5.41) is 11.2. The Morgan fingerprint density at radius 2 is 2.00 bits per heavy atom. The van der Waals surface area contributed by atoms with Gasteiger partial charge in [-0.2, -0.15) is 0 Å². The van der Waals surface area contributed by atoms with E-state index >= 15 is 0 Å². The minimum Gasteiger partial charge on any atom is -0.385 e. The van der Waals surface area contributed by atoms with E-state index in [0.717, 1.165) is 24.2 Å². The van der Waals surface area contributed by atoms with E-state index in [1.807, 2.05) is 0 Å². The highest BCUT2D eigenvalue weighted by molar-refractivity contribution is 5.27. The van der Waals surface area contributed by atoms with Crippen molar-refractivity contribution in [2.24, 2.45) is 23.7 Å². The standard InChI is InChI=1S/C16H24O/c17-16(12-5-2-1-3-6-12)10-11-9-15(16)14-8-4-7-13(11)14/h5,11,13-15,17H,1-4,6-10H2. The highest BCUT2D eigenvalue weighted by atomic mass is 16.3. The summed E-state index contributed by atoms with van der Waals surface area (Å²) in [6, 6.07) is 0. The van der Waals surface area contributed by atoms with Crippen LogP contribution in [0.1, 0.15) is 57.8 Å². The third-order valence-electron chi connectivity index (χ3n) is 6.34. The second kappa shape index (κ2) is 3.60. The minimum absolute atomic E-state index is 0.364. The molecule has 0 aromatic rings. The van der Waals surface area contributed by atoms with Gasteiger partial charge in [-0.15, -0.1) is 0 Å². The summed E-state index contributed by atoms with van der Waals surface area (Å²) in [5.74, 6) is 3.36. The molecule has 2 bridgehead atoms. The van der Waals surface area contributed by atoms with E-state index in [0.29, 0.717) is 5.92 Å². The molecule has 0 amide bonds. The SMILES string of the molecule is OC1(C2=CCCCC2)CC2CC1C1CCCC21. The van der Waals surface area contributed by atoms with Crippen molar-refractivity contribution in [3.63, 3.8) is 0 Å². The Morgan fingerprint density at radius 1 is 1.12 bits per heavy atom. The van der Waals surface area contributed by atoms with E-state index in [-0.39, 0.29) is 5.60 Å². The van der Waals surface area contributed by atoms with E-state index in [4.69, 9.17) is 0 Å². The molecule has 5 atom stereocenters. The van der Waals surface area contributed by atoms with Gasteiger partial charge in [-0.25, -0.2) is 0 Å². The zero-order chi connectivity index (χ0) is 11.5. The molecule has 0 saturated heterocycles. The number of allylic oxidation sites excluding steroid dienone is 1. The molecule has 5 unspecified atom stereocenters. The van der Waals surface area contributed by atoms with Gasteiger partial charge in [-0.1, -0.05) is 12.5 Å². The molecular formula is C16H24O. The second-order valence-electron chi connectivity index (χ2n) is 6.96. The van der Waals surface area contributed by atoms with Gasteiger partial charge in [0.15, 0.2) is 0 Å². The van der Waals surface area contributed by atoms with Gasteiger partial charge in [0, 0.05) is 0 Å². The summed E-state index contributed by atoms with van der Waals surface area (Å²) in [6.45, 7) is 0. The van der Waals surface area contributed by atoms with Gasteiger partial charge in [0.25, 0.3) is 0 Å². The molecular weight excluding hydrogens is 208 g/mol. The average molecular weight is 232 g/mol. The van der Waals surface area contributed by atoms with Crippen molar-refractivity contribution in [2.75, 3.05) is 0 Å². The molecule has 4 aliphatic carbocycles. The van der Waals surface area contributed by atoms with E-state index in [9.17, 15) is 5.11 Å². The predicted molar refractivity (Wildman–Crippen MR) is 68.5 cm³/mol. The van der Waals surface area contributed by atoms with E-state index < -0.39 is 0 Å². The molecule has 0 radical (unpaired) electrons. The maximum absolute atomic E-state index is 11.2. The topological polar surface area (TPSA) is 20.2 Å². The Kier molecular flexibility index (Phi) is 2.25. The summed E-state index contributed by atoms with van der Waals surface area (Å²) < 4.78 is 0. The number of rotatable bonds is 1. The molecule has 4 aliphatic rings. The summed E-state index contributed by atoms with van der Waals surface area (Å²) in [5.41, 5.74) is 1.07. The van der Waals surface area contributed by atoms with Crippen LogP contribution in [0.2, 0.25) is 0 Å². The predicted octanol–water partition coefficient (Wildman–Crippen LogP) is 3.67. The highest BCUT2D eigenvalue weighted by Gasteiger charge is 2.61. The van der Waals surface area contributed by atoms with Crippen molar-refractivity contribution >= 4 is 0 Å². The van der Waals surface area contributed by atoms with Gasteiger partial charge in [-0.3, -0.25) is 0 Å². The second-order valence-corrected chi connectivity index (χ2v) is 6.96. The zero-order valence-electron chi connectivity index (χ0n) is 10.7. The van der Waals surface area contributed by atoms with Crippen LogP contribution in [0.3, 0.4) is 0 Å². The third kappa shape index (κ3) is 1.35. The lowest BCUT2D eigenvalue weighted by Crippen LogP contribution is -2.43. The Balaban J connectivity index is 1.65. The first-order valence-corrected chi connectivity index (χ1v) is 7.71. The molecule has 1 N–H and O–H groups in total. The smallest absolute Gasteiger partial charge is 0.0890 e. The Labute approximate surface area is 104 Å². The van der Waals surface area contributed by atoms with Crippen molar-refractivity contribution in [3.05, 3.63) is 11.6 Å². The molecule has 0 aromatic carbocycles. The minimum atomic E-state index is -0.364. The van der Waals surface area contributed by atoms with Crippen LogP contribution in [0.25, 0.3) is 0 Å². The van der Waals surface area contributed by atoms with Crippen LogP contribution in [0.15, 0.2) is 11.6 Å². The van der Waals surface area contributed by atoms with Crippen LogP contribution in [0, 0.1) is 23.7 Å². The highest BCUT2D eigenvalue weighted by Crippen LogP contribution is 2.64. The third-order valence-corrected chi connectivity index (χ3v) is 6.34. The first-order chi connectivity index (χ1) is 8.29. The van der Waals surface area contributed by atoms with Crippen LogP contribution in [0.5, 0.6) is 0 Å². The van der Waals surface area contributed by atoms with Crippen LogP contribution >= 0.6 is 0 Å². The lowest BCUT2D eigenvalue weighted by Gasteiger charge is -2.41. The lowest BCUT2D eigenvalue weighted by molar-refractivity contribution is -0.0179. The van der Waals surface area contributed by atoms with Crippen LogP contribution < -0.4 is 0 Å². The van der Waals surface area contributed by atoms with Crippen LogP contribution in [-0.2, 0) is 0 Å². The van der Waals surface area contributed by atoms with E-state index in [1.165, 1.54) is 56.9 Å². The molecule has 94 valence electrons. The zero-order valence-corrected chi connectivity index (χ0v) is 10.7. The summed E-state index contributed by atoms with van der Waals surface area (Å²) >= 11 is 0. The maximum Gasteiger partial charge on any atom is 0.0890 e. The van der Waals surface area contributed by atoms with Crippen molar-refractivity contribution in [1.29, 1.82) is 0 Å². The molecule has 1 heteroatoms. The Morgan fingerprint density at radius 3 is 2.82 bits per heavy atom. The molecule has 17 heavy (non-hydrogen) atoms. The largest absolute Gasteiger partial charge is 0.385 e. The molecule has 3 saturated carbocycles. The lowest BCUT2D eigenvalue weighted by atomic mass is 9.68. The molecule has 1 nitrogen and oxygen atoms in total. The fraction of sp³-hybridized carbons (Fsp3) is 0.875. The number of aliphatic hydroxyl groups is 1. The molecule has 0 aromatic heterocycles. The first kappa shape index (κ1) is 10.6. The van der Waals surface area contributed by atoms with E-state index in [2.05, 4.69) is 6.08 Å². The quantitative estimate of drug-likeness (QED) is 0.684. The van der Waals surface area contributed by atoms with Crippen molar-refractivity contribution < 1.29 is 5.11 Å². The van der Waals surface area contributed by atoms with Gasteiger partial charge < -0.3 is 5.11 Å². The Bertz CT molecular complexity index is 359. The van der Waals surface area contributed by atoms with Gasteiger partial charge in [0.2, 0.25) is 0 Å². The molecule has 0 spiro atoms. The summed E-state index contributed by atoms with van der Waals surface area (Å²) in [7, 11) is 0. The summed E-state index contributed by atoms with van der Waals surface area (Å²) in [6.07, 6.45) is 14.1. The molecule has 4 rings (SSSR count). The average Bonchev–Trinajstić information content (AvgIpc) is 3.00. The monoisotopic (exact) mass is 232 g/mol. The Hall–Kier alpha value is -0.300. The normalized spacial score (nSPS) is 52.6.